The lowest BCUT2D eigenvalue weighted by Gasteiger charge is -2.49. The molecule has 2 aliphatic carbocycles. The Morgan fingerprint density at radius 1 is 0.971 bits per heavy atom. The Hall–Kier alpha value is -2.89. The van der Waals surface area contributed by atoms with Crippen LogP contribution in [0, 0.1) is 10.8 Å². The van der Waals surface area contributed by atoms with E-state index in [0.717, 1.165) is 17.0 Å². The van der Waals surface area contributed by atoms with Crippen molar-refractivity contribution in [1.82, 2.24) is 4.90 Å². The molecule has 0 radical (unpaired) electrons. The number of hydrogen-bond donors (Lipinski definition) is 0. The summed E-state index contributed by atoms with van der Waals surface area (Å²) in [6.07, 6.45) is 1.88. The van der Waals surface area contributed by atoms with E-state index in [1.807, 2.05) is 36.1 Å². The van der Waals surface area contributed by atoms with Crippen LogP contribution in [-0.2, 0) is 14.4 Å². The Bertz CT molecular complexity index is 1050. The van der Waals surface area contributed by atoms with Crippen molar-refractivity contribution < 1.29 is 24.2 Å². The summed E-state index contributed by atoms with van der Waals surface area (Å²) in [5.41, 5.74) is 3.25. The largest absolute Gasteiger partial charge is 0.550 e. The van der Waals surface area contributed by atoms with Crippen LogP contribution in [0.1, 0.15) is 78.2 Å². The summed E-state index contributed by atoms with van der Waals surface area (Å²) in [7, 11) is 0. The molecule has 3 aliphatic rings. The maximum atomic E-state index is 13.7. The highest BCUT2D eigenvalue weighted by Crippen LogP contribution is 2.55. The molecule has 0 spiro atoms. The molecule has 0 bridgehead atoms. The van der Waals surface area contributed by atoms with Gasteiger partial charge in [-0.15, -0.1) is 0 Å². The van der Waals surface area contributed by atoms with Crippen molar-refractivity contribution in [3.63, 3.8) is 0 Å². The lowest BCUT2D eigenvalue weighted by molar-refractivity contribution is -0.305. The van der Waals surface area contributed by atoms with Gasteiger partial charge in [-0.3, -0.25) is 9.59 Å². The second-order valence-electron chi connectivity index (χ2n) is 11.3. The van der Waals surface area contributed by atoms with E-state index in [1.165, 1.54) is 0 Å². The number of nitrogens with zero attached hydrogens (tertiary/aromatic N) is 1. The zero-order chi connectivity index (χ0) is 24.8. The van der Waals surface area contributed by atoms with Gasteiger partial charge in [0.05, 0.1) is 6.61 Å². The normalized spacial score (nSPS) is 22.0. The van der Waals surface area contributed by atoms with Gasteiger partial charge in [-0.25, -0.2) is 0 Å². The SMILES string of the molecule is CCOc1ccccc1C1C2=C(CC(C)(C)CC2=O)N(CCC(=O)[O-])C2=C1C(=O)CC(C)(C)C2. The van der Waals surface area contributed by atoms with E-state index < -0.39 is 11.9 Å². The summed E-state index contributed by atoms with van der Waals surface area (Å²) in [5, 5.41) is 11.4. The van der Waals surface area contributed by atoms with Gasteiger partial charge in [-0.2, -0.15) is 0 Å². The molecule has 0 unspecified atom stereocenters. The highest BCUT2D eigenvalue weighted by atomic mass is 16.5. The maximum Gasteiger partial charge on any atom is 0.162 e. The van der Waals surface area contributed by atoms with Gasteiger partial charge >= 0.3 is 0 Å². The zero-order valence-corrected chi connectivity index (χ0v) is 20.8. The summed E-state index contributed by atoms with van der Waals surface area (Å²) in [6.45, 7) is 10.8. The number of allylic oxidation sites excluding steroid dienone is 4. The second-order valence-corrected chi connectivity index (χ2v) is 11.3. The first-order valence-electron chi connectivity index (χ1n) is 12.2. The molecule has 4 rings (SSSR count). The van der Waals surface area contributed by atoms with Gasteiger partial charge in [-0.1, -0.05) is 45.9 Å². The number of carboxylic acid groups (broad SMARTS) is 1. The fourth-order valence-electron chi connectivity index (χ4n) is 5.84. The monoisotopic (exact) mass is 464 g/mol. The van der Waals surface area contributed by atoms with Gasteiger partial charge in [-0.05, 0) is 36.7 Å². The van der Waals surface area contributed by atoms with Gasteiger partial charge in [0.2, 0.25) is 0 Å². The molecule has 6 nitrogen and oxygen atoms in total. The number of carbonyl (C=O) groups excluding carboxylic acids is 3. The van der Waals surface area contributed by atoms with Crippen molar-refractivity contribution in [1.29, 1.82) is 0 Å². The molecule has 1 aliphatic heterocycles. The van der Waals surface area contributed by atoms with Crippen molar-refractivity contribution >= 4 is 17.5 Å². The number of hydrogen-bond acceptors (Lipinski definition) is 6. The fourth-order valence-corrected chi connectivity index (χ4v) is 5.84. The Morgan fingerprint density at radius 3 is 2.00 bits per heavy atom. The number of aliphatic carboxylic acids is 1. The highest BCUT2D eigenvalue weighted by Gasteiger charge is 2.49. The molecule has 0 atom stereocenters. The number of carboxylic acids is 1. The van der Waals surface area contributed by atoms with Crippen LogP contribution in [0.3, 0.4) is 0 Å². The molecule has 6 heteroatoms. The van der Waals surface area contributed by atoms with Crippen LogP contribution in [0.4, 0.5) is 0 Å². The Morgan fingerprint density at radius 2 is 1.50 bits per heavy atom. The molecule has 1 heterocycles. The number of carbonyl (C=O) groups is 3. The summed E-state index contributed by atoms with van der Waals surface area (Å²) >= 11 is 0. The van der Waals surface area contributed by atoms with Gasteiger partial charge < -0.3 is 19.5 Å². The molecular weight excluding hydrogens is 430 g/mol. The Balaban J connectivity index is 2.00. The zero-order valence-electron chi connectivity index (χ0n) is 20.8. The van der Waals surface area contributed by atoms with Crippen LogP contribution >= 0.6 is 0 Å². The van der Waals surface area contributed by atoms with E-state index in [9.17, 15) is 19.5 Å². The summed E-state index contributed by atoms with van der Waals surface area (Å²) in [6, 6.07) is 7.64. The van der Waals surface area contributed by atoms with Crippen molar-refractivity contribution in [2.24, 2.45) is 10.8 Å². The minimum Gasteiger partial charge on any atom is -0.550 e. The molecule has 0 N–H and O–H groups in total. The predicted molar refractivity (Wildman–Crippen MR) is 127 cm³/mol. The number of rotatable bonds is 6. The van der Waals surface area contributed by atoms with E-state index in [2.05, 4.69) is 27.7 Å². The van der Waals surface area contributed by atoms with E-state index in [1.54, 1.807) is 0 Å². The van der Waals surface area contributed by atoms with Crippen molar-refractivity contribution in [3.05, 3.63) is 52.4 Å². The first-order chi connectivity index (χ1) is 15.9. The third-order valence-corrected chi connectivity index (χ3v) is 7.09. The summed E-state index contributed by atoms with van der Waals surface area (Å²) in [5.74, 6) is -0.933. The number of benzene rings is 1. The molecule has 0 fully saturated rings. The van der Waals surface area contributed by atoms with E-state index in [0.29, 0.717) is 49.2 Å². The lowest BCUT2D eigenvalue weighted by atomic mass is 9.63. The number of para-hydroxylation sites is 1. The van der Waals surface area contributed by atoms with Crippen LogP contribution < -0.4 is 9.84 Å². The van der Waals surface area contributed by atoms with E-state index in [-0.39, 0.29) is 35.4 Å². The lowest BCUT2D eigenvalue weighted by Crippen LogP contribution is -2.45. The van der Waals surface area contributed by atoms with Crippen LogP contribution in [-0.4, -0.2) is 35.6 Å². The highest BCUT2D eigenvalue weighted by molar-refractivity contribution is 6.07. The minimum atomic E-state index is -1.14. The molecule has 0 saturated carbocycles. The van der Waals surface area contributed by atoms with Crippen LogP contribution in [0.15, 0.2) is 46.8 Å². The average molecular weight is 465 g/mol. The van der Waals surface area contributed by atoms with Crippen molar-refractivity contribution in [2.45, 2.75) is 72.6 Å². The smallest absolute Gasteiger partial charge is 0.162 e. The quantitative estimate of drug-likeness (QED) is 0.634. The molecule has 34 heavy (non-hydrogen) atoms. The topological polar surface area (TPSA) is 86.7 Å². The Labute approximate surface area is 201 Å². The first kappa shape index (κ1) is 24.2. The molecular formula is C28H34NO5-. The number of Topliss-reactive ketones (excluding diaryl/α,β-unsaturated/α-hetero) is 2. The van der Waals surface area contributed by atoms with E-state index in [4.69, 9.17) is 4.74 Å². The minimum absolute atomic E-state index is 0.0187. The van der Waals surface area contributed by atoms with Gasteiger partial charge in [0.15, 0.2) is 11.6 Å². The maximum absolute atomic E-state index is 13.7. The molecule has 1 aromatic carbocycles. The Kier molecular flexibility index (Phi) is 6.21. The summed E-state index contributed by atoms with van der Waals surface area (Å²) < 4.78 is 5.94. The molecule has 1 aromatic rings. The first-order valence-corrected chi connectivity index (χ1v) is 12.2. The van der Waals surface area contributed by atoms with E-state index >= 15 is 0 Å². The molecule has 182 valence electrons. The van der Waals surface area contributed by atoms with Gasteiger partial charge in [0.1, 0.15) is 5.75 Å². The van der Waals surface area contributed by atoms with Crippen molar-refractivity contribution in [2.75, 3.05) is 13.2 Å². The van der Waals surface area contributed by atoms with Gasteiger partial charge in [0.25, 0.3) is 0 Å². The third-order valence-electron chi connectivity index (χ3n) is 7.09. The predicted octanol–water partition coefficient (Wildman–Crippen LogP) is 3.91. The molecule has 0 aromatic heterocycles. The second kappa shape index (κ2) is 8.71. The van der Waals surface area contributed by atoms with Crippen LogP contribution in [0.5, 0.6) is 5.75 Å². The molecule has 0 saturated heterocycles. The molecule has 0 amide bonds. The average Bonchev–Trinajstić information content (AvgIpc) is 2.70. The van der Waals surface area contributed by atoms with Crippen molar-refractivity contribution in [3.8, 4) is 5.75 Å². The number of ether oxygens (including phenoxy) is 1. The van der Waals surface area contributed by atoms with Crippen LogP contribution in [0.25, 0.3) is 0 Å². The number of ketones is 2. The fraction of sp³-hybridized carbons (Fsp3) is 0.536. The third kappa shape index (κ3) is 4.42. The standard InChI is InChI=1S/C28H35NO5/c1-6-34-22-10-8-7-9-17(22)24-25-18(13-27(2,3)15-20(25)30)29(12-11-23(32)33)19-14-28(4,5)16-21(31)26(19)24/h7-10,24H,6,11-16H2,1-5H3,(H,32,33)/p-1. The van der Waals surface area contributed by atoms with Gasteiger partial charge in [0, 0.05) is 65.8 Å². The summed E-state index contributed by atoms with van der Waals surface area (Å²) in [4.78, 5) is 40.8. The van der Waals surface area contributed by atoms with Crippen LogP contribution in [0.2, 0.25) is 0 Å².